The van der Waals surface area contributed by atoms with Crippen molar-refractivity contribution in [2.45, 2.75) is 6.92 Å². The van der Waals surface area contributed by atoms with Crippen LogP contribution in [-0.2, 0) is 0 Å². The van der Waals surface area contributed by atoms with E-state index in [0.29, 0.717) is 10.6 Å². The van der Waals surface area contributed by atoms with E-state index in [9.17, 15) is 14.7 Å². The Balaban J connectivity index is 1.48. The highest BCUT2D eigenvalue weighted by atomic mass is 35.5. The van der Waals surface area contributed by atoms with E-state index < -0.39 is 5.97 Å². The van der Waals surface area contributed by atoms with E-state index in [1.165, 1.54) is 11.3 Å². The summed E-state index contributed by atoms with van der Waals surface area (Å²) < 4.78 is 0. The molecule has 7 heteroatoms. The van der Waals surface area contributed by atoms with Gasteiger partial charge in [-0.2, -0.15) is 0 Å². The van der Waals surface area contributed by atoms with Crippen LogP contribution in [0.5, 0.6) is 0 Å². The maximum Gasteiger partial charge on any atom is 0.337 e. The molecular weight excluding hydrogens is 426 g/mol. The minimum atomic E-state index is -1.09. The standard InChI is InChI=1S/C25H24ClN3O3/c1-17-3-2-4-20(15-17)28-11-13-29(14-12-28)21-9-10-23(22(16-21)25(31)32)27-24(30)18-5-7-19(26)8-6-18/h2-10,15-16H,11-14H2,1H3,(H,27,30)(H,31,32). The van der Waals surface area contributed by atoms with Gasteiger partial charge in [-0.15, -0.1) is 0 Å². The number of anilines is 3. The summed E-state index contributed by atoms with van der Waals surface area (Å²) in [6.45, 7) is 5.34. The maximum absolute atomic E-state index is 12.5. The van der Waals surface area contributed by atoms with Crippen molar-refractivity contribution in [3.8, 4) is 0 Å². The first-order valence-electron chi connectivity index (χ1n) is 10.4. The zero-order chi connectivity index (χ0) is 22.7. The summed E-state index contributed by atoms with van der Waals surface area (Å²) in [6, 6.07) is 20.0. The summed E-state index contributed by atoms with van der Waals surface area (Å²) in [5, 5.41) is 13.0. The Labute approximate surface area is 192 Å². The molecule has 3 aromatic carbocycles. The quantitative estimate of drug-likeness (QED) is 0.578. The van der Waals surface area contributed by atoms with Crippen molar-refractivity contribution < 1.29 is 14.7 Å². The monoisotopic (exact) mass is 449 g/mol. The molecule has 1 fully saturated rings. The van der Waals surface area contributed by atoms with Gasteiger partial charge in [0.1, 0.15) is 0 Å². The van der Waals surface area contributed by atoms with E-state index >= 15 is 0 Å². The van der Waals surface area contributed by atoms with Crippen LogP contribution in [0.15, 0.2) is 66.7 Å². The Bertz CT molecular complexity index is 1140. The van der Waals surface area contributed by atoms with Crippen LogP contribution in [0.4, 0.5) is 17.1 Å². The number of carbonyl (C=O) groups excluding carboxylic acids is 1. The lowest BCUT2D eigenvalue weighted by Gasteiger charge is -2.37. The molecule has 1 aliphatic rings. The van der Waals surface area contributed by atoms with Crippen molar-refractivity contribution in [3.63, 3.8) is 0 Å². The van der Waals surface area contributed by atoms with Gasteiger partial charge < -0.3 is 20.2 Å². The molecule has 0 aliphatic carbocycles. The van der Waals surface area contributed by atoms with Gasteiger partial charge in [0.05, 0.1) is 11.3 Å². The van der Waals surface area contributed by atoms with Crippen LogP contribution in [0, 0.1) is 6.92 Å². The zero-order valence-corrected chi connectivity index (χ0v) is 18.5. The fourth-order valence-electron chi connectivity index (χ4n) is 3.86. The number of halogens is 1. The zero-order valence-electron chi connectivity index (χ0n) is 17.7. The SMILES string of the molecule is Cc1cccc(N2CCN(c3ccc(NC(=O)c4ccc(Cl)cc4)c(C(=O)O)c3)CC2)c1. The van der Waals surface area contributed by atoms with Gasteiger partial charge in [0.15, 0.2) is 0 Å². The number of amides is 1. The number of carbonyl (C=O) groups is 2. The number of nitrogens with one attached hydrogen (secondary N) is 1. The molecule has 1 heterocycles. The number of carboxylic acid groups (broad SMARTS) is 1. The first kappa shape index (κ1) is 21.7. The molecular formula is C25H24ClN3O3. The maximum atomic E-state index is 12.5. The predicted molar refractivity (Wildman–Crippen MR) is 128 cm³/mol. The smallest absolute Gasteiger partial charge is 0.337 e. The highest BCUT2D eigenvalue weighted by Gasteiger charge is 2.21. The van der Waals surface area contributed by atoms with Crippen molar-refractivity contribution in [2.24, 2.45) is 0 Å². The molecule has 3 aromatic rings. The first-order chi connectivity index (χ1) is 15.4. The van der Waals surface area contributed by atoms with Crippen LogP contribution in [0.3, 0.4) is 0 Å². The molecule has 0 aromatic heterocycles. The second-order valence-corrected chi connectivity index (χ2v) is 8.25. The number of rotatable bonds is 5. The number of aromatic carboxylic acids is 1. The third-order valence-corrected chi connectivity index (χ3v) is 5.85. The molecule has 2 N–H and O–H groups in total. The van der Waals surface area contributed by atoms with Gasteiger partial charge in [0.25, 0.3) is 5.91 Å². The van der Waals surface area contributed by atoms with Gasteiger partial charge in [0, 0.05) is 48.1 Å². The van der Waals surface area contributed by atoms with Crippen LogP contribution >= 0.6 is 11.6 Å². The van der Waals surface area contributed by atoms with Gasteiger partial charge >= 0.3 is 5.97 Å². The molecule has 0 unspecified atom stereocenters. The topological polar surface area (TPSA) is 72.9 Å². The second kappa shape index (κ2) is 9.32. The molecule has 1 aliphatic heterocycles. The third kappa shape index (κ3) is 4.86. The van der Waals surface area contributed by atoms with Crippen molar-refractivity contribution in [1.29, 1.82) is 0 Å². The lowest BCUT2D eigenvalue weighted by atomic mass is 10.1. The highest BCUT2D eigenvalue weighted by molar-refractivity contribution is 6.30. The fourth-order valence-corrected chi connectivity index (χ4v) is 3.98. The van der Waals surface area contributed by atoms with E-state index in [-0.39, 0.29) is 17.2 Å². The minimum Gasteiger partial charge on any atom is -0.478 e. The Morgan fingerprint density at radius 2 is 1.50 bits per heavy atom. The molecule has 164 valence electrons. The average molecular weight is 450 g/mol. The van der Waals surface area contributed by atoms with Crippen LogP contribution in [0.2, 0.25) is 5.02 Å². The van der Waals surface area contributed by atoms with E-state index in [1.807, 2.05) is 6.07 Å². The molecule has 0 saturated carbocycles. The summed E-state index contributed by atoms with van der Waals surface area (Å²) in [4.78, 5) is 28.9. The van der Waals surface area contributed by atoms with Crippen LogP contribution in [0.25, 0.3) is 0 Å². The largest absolute Gasteiger partial charge is 0.478 e. The molecule has 1 saturated heterocycles. The normalized spacial score (nSPS) is 13.7. The number of benzene rings is 3. The summed E-state index contributed by atoms with van der Waals surface area (Å²) >= 11 is 5.87. The van der Waals surface area contributed by atoms with Crippen molar-refractivity contribution >= 4 is 40.5 Å². The van der Waals surface area contributed by atoms with Crippen molar-refractivity contribution in [1.82, 2.24) is 0 Å². The first-order valence-corrected chi connectivity index (χ1v) is 10.8. The van der Waals surface area contributed by atoms with E-state index in [0.717, 1.165) is 31.9 Å². The minimum absolute atomic E-state index is 0.0610. The number of hydrogen-bond acceptors (Lipinski definition) is 4. The predicted octanol–water partition coefficient (Wildman–Crippen LogP) is 4.93. The van der Waals surface area contributed by atoms with Crippen molar-refractivity contribution in [2.75, 3.05) is 41.3 Å². The molecule has 6 nitrogen and oxygen atoms in total. The molecule has 0 radical (unpaired) electrons. The van der Waals surface area contributed by atoms with Gasteiger partial charge in [-0.3, -0.25) is 4.79 Å². The van der Waals surface area contributed by atoms with Crippen molar-refractivity contribution in [3.05, 3.63) is 88.4 Å². The fraction of sp³-hybridized carbons (Fsp3) is 0.200. The van der Waals surface area contributed by atoms with Gasteiger partial charge in [-0.25, -0.2) is 4.79 Å². The molecule has 32 heavy (non-hydrogen) atoms. The second-order valence-electron chi connectivity index (χ2n) is 7.81. The lowest BCUT2D eigenvalue weighted by molar-refractivity contribution is 0.0698. The van der Waals surface area contributed by atoms with E-state index in [2.05, 4.69) is 46.3 Å². The number of carboxylic acids is 1. The molecule has 0 spiro atoms. The molecule has 1 amide bonds. The van der Waals surface area contributed by atoms with Gasteiger partial charge in [0.2, 0.25) is 0 Å². The number of nitrogens with zero attached hydrogens (tertiary/aromatic N) is 2. The van der Waals surface area contributed by atoms with Gasteiger partial charge in [-0.05, 0) is 67.1 Å². The van der Waals surface area contributed by atoms with Crippen LogP contribution in [0.1, 0.15) is 26.3 Å². The molecule has 0 atom stereocenters. The lowest BCUT2D eigenvalue weighted by Crippen LogP contribution is -2.46. The number of aryl methyl sites for hydroxylation is 1. The summed E-state index contributed by atoms with van der Waals surface area (Å²) in [6.07, 6.45) is 0. The highest BCUT2D eigenvalue weighted by Crippen LogP contribution is 2.26. The molecule has 0 bridgehead atoms. The Hall–Kier alpha value is -3.51. The van der Waals surface area contributed by atoms with Crippen LogP contribution < -0.4 is 15.1 Å². The van der Waals surface area contributed by atoms with E-state index in [1.54, 1.807) is 36.4 Å². The summed E-state index contributed by atoms with van der Waals surface area (Å²) in [7, 11) is 0. The summed E-state index contributed by atoms with van der Waals surface area (Å²) in [5.74, 6) is -1.47. The Morgan fingerprint density at radius 3 is 2.09 bits per heavy atom. The average Bonchev–Trinajstić information content (AvgIpc) is 2.80. The Morgan fingerprint density at radius 1 is 0.875 bits per heavy atom. The van der Waals surface area contributed by atoms with E-state index in [4.69, 9.17) is 11.6 Å². The number of piperazine rings is 1. The molecule has 4 rings (SSSR count). The van der Waals surface area contributed by atoms with Crippen LogP contribution in [-0.4, -0.2) is 43.2 Å². The summed E-state index contributed by atoms with van der Waals surface area (Å²) in [5.41, 5.74) is 3.99. The number of hydrogen-bond donors (Lipinski definition) is 2. The third-order valence-electron chi connectivity index (χ3n) is 5.60. The Kier molecular flexibility index (Phi) is 6.32. The van der Waals surface area contributed by atoms with Gasteiger partial charge in [-0.1, -0.05) is 23.7 Å².